The largest absolute Gasteiger partial charge is 0.355 e. The Morgan fingerprint density at radius 2 is 0.686 bits per heavy atom. The number of hydrogen-bond acceptors (Lipinski definition) is 0. The molecule has 3 nitrogen and oxygen atoms in total. The van der Waals surface area contributed by atoms with Gasteiger partial charge in [0.2, 0.25) is 0 Å². The third-order valence-corrected chi connectivity index (χ3v) is 10.7. The third-order valence-electron chi connectivity index (χ3n) is 10.7. The first-order valence-electron chi connectivity index (χ1n) is 17.5. The van der Waals surface area contributed by atoms with Crippen molar-refractivity contribution in [1.82, 2.24) is 14.1 Å². The lowest BCUT2D eigenvalue weighted by molar-refractivity contribution is 1.14. The van der Waals surface area contributed by atoms with Gasteiger partial charge in [-0.05, 0) is 95.1 Å². The molecule has 0 bridgehead atoms. The summed E-state index contributed by atoms with van der Waals surface area (Å²) in [6.45, 7) is 0. The summed E-state index contributed by atoms with van der Waals surface area (Å²) in [4.78, 5) is 3.64. The topological polar surface area (TPSA) is 25.6 Å². The summed E-state index contributed by atoms with van der Waals surface area (Å²) in [5.41, 5.74) is 14.3. The van der Waals surface area contributed by atoms with E-state index in [1.54, 1.807) is 0 Å². The quantitative estimate of drug-likeness (QED) is 0.196. The van der Waals surface area contributed by atoms with Crippen LogP contribution in [0.5, 0.6) is 0 Å². The van der Waals surface area contributed by atoms with Gasteiger partial charge in [-0.2, -0.15) is 0 Å². The summed E-state index contributed by atoms with van der Waals surface area (Å²) in [6, 6.07) is 66.2. The van der Waals surface area contributed by atoms with E-state index in [0.717, 1.165) is 22.4 Å². The maximum atomic E-state index is 3.64. The highest BCUT2D eigenvalue weighted by Crippen LogP contribution is 2.38. The predicted molar refractivity (Wildman–Crippen MR) is 215 cm³/mol. The molecule has 51 heavy (non-hydrogen) atoms. The second kappa shape index (κ2) is 10.8. The summed E-state index contributed by atoms with van der Waals surface area (Å²) >= 11 is 0. The highest BCUT2D eigenvalue weighted by Gasteiger charge is 2.16. The van der Waals surface area contributed by atoms with Crippen LogP contribution in [0.4, 0.5) is 0 Å². The molecule has 0 amide bonds. The number of nitrogens with zero attached hydrogens (tertiary/aromatic N) is 2. The van der Waals surface area contributed by atoms with E-state index in [9.17, 15) is 0 Å². The van der Waals surface area contributed by atoms with Crippen molar-refractivity contribution >= 4 is 65.4 Å². The van der Waals surface area contributed by atoms with Gasteiger partial charge in [0.15, 0.2) is 0 Å². The van der Waals surface area contributed by atoms with E-state index < -0.39 is 0 Å². The van der Waals surface area contributed by atoms with Gasteiger partial charge in [-0.3, -0.25) is 0 Å². The predicted octanol–water partition coefficient (Wildman–Crippen LogP) is 12.8. The summed E-state index contributed by atoms with van der Waals surface area (Å²) in [5, 5.41) is 7.53. The van der Waals surface area contributed by atoms with Crippen LogP contribution in [0.1, 0.15) is 0 Å². The van der Waals surface area contributed by atoms with Crippen LogP contribution in [0.15, 0.2) is 182 Å². The molecule has 0 aliphatic heterocycles. The minimum absolute atomic E-state index is 1.14. The average molecular weight is 650 g/mol. The third kappa shape index (κ3) is 4.25. The fraction of sp³-hybridized carbons (Fsp3) is 0. The molecule has 238 valence electrons. The SMILES string of the molecule is c1ccc(-c2ccc3[nH]c4ccc(-c5ccc6c7ccccc7n(-c7ccc(-n8c9ccccc9c9ccccc98)cc7)c6c5)cc4c3c2)cc1. The number of H-pyrrole nitrogens is 1. The van der Waals surface area contributed by atoms with Gasteiger partial charge in [-0.25, -0.2) is 0 Å². The second-order valence-electron chi connectivity index (χ2n) is 13.5. The van der Waals surface area contributed by atoms with E-state index in [1.807, 2.05) is 0 Å². The molecule has 0 atom stereocenters. The molecule has 3 aromatic heterocycles. The Morgan fingerprint density at radius 1 is 0.275 bits per heavy atom. The van der Waals surface area contributed by atoms with E-state index >= 15 is 0 Å². The van der Waals surface area contributed by atoms with Crippen LogP contribution in [0, 0.1) is 0 Å². The fourth-order valence-electron chi connectivity index (χ4n) is 8.27. The van der Waals surface area contributed by atoms with Crippen molar-refractivity contribution in [2.75, 3.05) is 0 Å². The van der Waals surface area contributed by atoms with Crippen LogP contribution in [0.25, 0.3) is 99.0 Å². The monoisotopic (exact) mass is 649 g/mol. The molecule has 0 radical (unpaired) electrons. The number of rotatable bonds is 4. The van der Waals surface area contributed by atoms with Crippen LogP contribution in [-0.2, 0) is 0 Å². The smallest absolute Gasteiger partial charge is 0.0547 e. The Kier molecular flexibility index (Phi) is 5.96. The molecule has 3 heterocycles. The lowest BCUT2D eigenvalue weighted by atomic mass is 9.99. The highest BCUT2D eigenvalue weighted by atomic mass is 15.0. The molecule has 1 N–H and O–H groups in total. The van der Waals surface area contributed by atoms with Crippen molar-refractivity contribution in [2.45, 2.75) is 0 Å². The fourth-order valence-corrected chi connectivity index (χ4v) is 8.27. The first-order valence-corrected chi connectivity index (χ1v) is 17.5. The molecule has 3 heteroatoms. The van der Waals surface area contributed by atoms with E-state index in [-0.39, 0.29) is 0 Å². The molecule has 0 saturated carbocycles. The first kappa shape index (κ1) is 28.0. The zero-order valence-corrected chi connectivity index (χ0v) is 27.7. The molecule has 8 aromatic carbocycles. The van der Waals surface area contributed by atoms with E-state index in [1.165, 1.54) is 76.6 Å². The number of para-hydroxylation sites is 3. The molecule has 0 aliphatic rings. The average Bonchev–Trinajstić information content (AvgIpc) is 3.85. The van der Waals surface area contributed by atoms with Gasteiger partial charge in [-0.15, -0.1) is 0 Å². The number of aromatic amines is 1. The summed E-state index contributed by atoms with van der Waals surface area (Å²) in [6.07, 6.45) is 0. The molecule has 11 aromatic rings. The maximum Gasteiger partial charge on any atom is 0.0547 e. The summed E-state index contributed by atoms with van der Waals surface area (Å²) in [5.74, 6) is 0. The number of benzene rings is 8. The first-order chi connectivity index (χ1) is 25.3. The van der Waals surface area contributed by atoms with Gasteiger partial charge in [0.1, 0.15) is 0 Å². The number of hydrogen-bond donors (Lipinski definition) is 1. The van der Waals surface area contributed by atoms with Crippen LogP contribution < -0.4 is 0 Å². The molecular weight excluding hydrogens is 619 g/mol. The molecule has 0 unspecified atom stereocenters. The van der Waals surface area contributed by atoms with E-state index in [2.05, 4.69) is 196 Å². The van der Waals surface area contributed by atoms with Crippen molar-refractivity contribution in [2.24, 2.45) is 0 Å². The van der Waals surface area contributed by atoms with Crippen LogP contribution >= 0.6 is 0 Å². The van der Waals surface area contributed by atoms with Crippen molar-refractivity contribution in [1.29, 1.82) is 0 Å². The Hall–Kier alpha value is -6.84. The van der Waals surface area contributed by atoms with Gasteiger partial charge in [0, 0.05) is 54.7 Å². The maximum absolute atomic E-state index is 3.64. The Morgan fingerprint density at radius 3 is 1.24 bits per heavy atom. The zero-order chi connectivity index (χ0) is 33.5. The summed E-state index contributed by atoms with van der Waals surface area (Å²) in [7, 11) is 0. The minimum atomic E-state index is 1.14. The van der Waals surface area contributed by atoms with Crippen LogP contribution in [0.2, 0.25) is 0 Å². The van der Waals surface area contributed by atoms with Gasteiger partial charge < -0.3 is 14.1 Å². The lowest BCUT2D eigenvalue weighted by Gasteiger charge is -2.12. The van der Waals surface area contributed by atoms with Gasteiger partial charge >= 0.3 is 0 Å². The number of nitrogens with one attached hydrogen (secondary N) is 1. The van der Waals surface area contributed by atoms with Gasteiger partial charge in [0.05, 0.1) is 22.1 Å². The molecule has 0 aliphatic carbocycles. The summed E-state index contributed by atoms with van der Waals surface area (Å²) < 4.78 is 4.79. The van der Waals surface area contributed by atoms with E-state index in [4.69, 9.17) is 0 Å². The number of aromatic nitrogens is 3. The number of fused-ring (bicyclic) bond motifs is 9. The zero-order valence-electron chi connectivity index (χ0n) is 27.7. The van der Waals surface area contributed by atoms with Crippen molar-refractivity contribution in [3.8, 4) is 33.6 Å². The molecule has 0 fully saturated rings. The molecule has 0 saturated heterocycles. The molecular formula is C48H31N3. The lowest BCUT2D eigenvalue weighted by Crippen LogP contribution is -1.97. The van der Waals surface area contributed by atoms with Crippen molar-refractivity contribution in [3.05, 3.63) is 182 Å². The second-order valence-corrected chi connectivity index (χ2v) is 13.5. The van der Waals surface area contributed by atoms with E-state index in [0.29, 0.717) is 0 Å². The van der Waals surface area contributed by atoms with Crippen molar-refractivity contribution < 1.29 is 0 Å². The molecule has 0 spiro atoms. The van der Waals surface area contributed by atoms with Crippen LogP contribution in [0.3, 0.4) is 0 Å². The standard InChI is InChI=1S/C48H31N3/c1-2-10-31(11-3-1)32-19-26-43-41(28-32)42-29-33(20-27-44(42)49-43)34-18-25-40-39-14-6-9-17-47(39)51(48(40)30-34)36-23-21-35(22-24-36)50-45-15-7-4-12-37(45)38-13-5-8-16-46(38)50/h1-30,49H. The molecule has 11 rings (SSSR count). The van der Waals surface area contributed by atoms with Crippen LogP contribution in [-0.4, -0.2) is 14.1 Å². The van der Waals surface area contributed by atoms with Gasteiger partial charge in [-0.1, -0.05) is 109 Å². The Balaban J connectivity index is 1.06. The van der Waals surface area contributed by atoms with Gasteiger partial charge in [0.25, 0.3) is 0 Å². The highest BCUT2D eigenvalue weighted by molar-refractivity contribution is 6.12. The Labute approximate surface area is 294 Å². The van der Waals surface area contributed by atoms with Crippen molar-refractivity contribution in [3.63, 3.8) is 0 Å². The normalized spacial score (nSPS) is 11.9. The minimum Gasteiger partial charge on any atom is -0.355 e. The Bertz CT molecular complexity index is 3070.